The van der Waals surface area contributed by atoms with Gasteiger partial charge < -0.3 is 14.5 Å². The normalized spacial score (nSPS) is 18.3. The summed E-state index contributed by atoms with van der Waals surface area (Å²) in [5, 5.41) is 12.9. The minimum absolute atomic E-state index is 0.121. The summed E-state index contributed by atoms with van der Waals surface area (Å²) >= 11 is 1.48. The van der Waals surface area contributed by atoms with E-state index in [9.17, 15) is 4.79 Å². The van der Waals surface area contributed by atoms with Crippen molar-refractivity contribution >= 4 is 28.2 Å². The number of nitrogens with one attached hydrogen (secondary N) is 1. The average Bonchev–Trinajstić information content (AvgIpc) is 3.07. The number of urea groups is 1. The molecular weight excluding hydrogens is 350 g/mol. The summed E-state index contributed by atoms with van der Waals surface area (Å²) in [6.45, 7) is 3.60. The highest BCUT2D eigenvalue weighted by molar-refractivity contribution is 7.15. The lowest BCUT2D eigenvalue weighted by Crippen LogP contribution is -2.37. The number of amides is 2. The number of carbonyl (C=O) groups is 1. The van der Waals surface area contributed by atoms with Gasteiger partial charge in [-0.25, -0.2) is 4.79 Å². The molecule has 2 aliphatic heterocycles. The van der Waals surface area contributed by atoms with Crippen LogP contribution in [0.1, 0.15) is 29.3 Å². The second-order valence-electron chi connectivity index (χ2n) is 6.73. The number of hydrogen-bond acceptors (Lipinski definition) is 6. The third kappa shape index (κ3) is 3.66. The van der Waals surface area contributed by atoms with E-state index in [0.717, 1.165) is 43.2 Å². The topological polar surface area (TPSA) is 70.6 Å². The van der Waals surface area contributed by atoms with Crippen LogP contribution in [0.3, 0.4) is 0 Å². The fourth-order valence-electron chi connectivity index (χ4n) is 3.43. The fourth-order valence-corrected chi connectivity index (χ4v) is 4.33. The van der Waals surface area contributed by atoms with Gasteiger partial charge in [-0.2, -0.15) is 0 Å². The summed E-state index contributed by atoms with van der Waals surface area (Å²) in [5.74, 6) is 0.394. The van der Waals surface area contributed by atoms with E-state index in [1.807, 2.05) is 17.0 Å². The number of fused-ring (bicyclic) bond motifs is 1. The van der Waals surface area contributed by atoms with E-state index < -0.39 is 0 Å². The van der Waals surface area contributed by atoms with Gasteiger partial charge in [-0.05, 0) is 24.5 Å². The Hall–Kier alpha value is -2.19. The number of aromatic nitrogens is 2. The molecule has 2 aliphatic rings. The van der Waals surface area contributed by atoms with Crippen LogP contribution in [0.15, 0.2) is 24.3 Å². The Labute approximate surface area is 157 Å². The molecule has 2 amide bonds. The van der Waals surface area contributed by atoms with Gasteiger partial charge in [-0.15, -0.1) is 10.2 Å². The quantitative estimate of drug-likeness (QED) is 0.876. The minimum Gasteiger partial charge on any atom is -0.381 e. The first-order valence-electron chi connectivity index (χ1n) is 8.97. The number of nitrogens with zero attached hydrogens (tertiary/aromatic N) is 4. The third-order valence-electron chi connectivity index (χ3n) is 4.98. The van der Waals surface area contributed by atoms with Crippen LogP contribution >= 0.6 is 11.3 Å². The molecule has 0 bridgehead atoms. The van der Waals surface area contributed by atoms with E-state index in [4.69, 9.17) is 4.74 Å². The smallest absolute Gasteiger partial charge is 0.324 e. The molecule has 0 unspecified atom stereocenters. The van der Waals surface area contributed by atoms with Crippen molar-refractivity contribution in [3.8, 4) is 0 Å². The first-order valence-corrected chi connectivity index (χ1v) is 9.78. The maximum absolute atomic E-state index is 12.7. The zero-order chi connectivity index (χ0) is 17.9. The summed E-state index contributed by atoms with van der Waals surface area (Å²) in [7, 11) is 2.06. The van der Waals surface area contributed by atoms with Gasteiger partial charge in [0.15, 0.2) is 0 Å². The molecule has 0 spiro atoms. The Morgan fingerprint density at radius 3 is 2.88 bits per heavy atom. The van der Waals surface area contributed by atoms with Crippen LogP contribution in [-0.4, -0.2) is 54.5 Å². The Morgan fingerprint density at radius 1 is 1.23 bits per heavy atom. The predicted octanol–water partition coefficient (Wildman–Crippen LogP) is 2.92. The maximum Gasteiger partial charge on any atom is 0.324 e. The Balaban J connectivity index is 1.43. The fraction of sp³-hybridized carbons (Fsp3) is 0.500. The number of ether oxygens (including phenoxy) is 1. The highest BCUT2D eigenvalue weighted by atomic mass is 32.1. The first kappa shape index (κ1) is 17.2. The minimum atomic E-state index is -0.121. The zero-order valence-corrected chi connectivity index (χ0v) is 15.7. The van der Waals surface area contributed by atoms with Crippen molar-refractivity contribution < 1.29 is 9.53 Å². The number of anilines is 2. The van der Waals surface area contributed by atoms with Crippen LogP contribution in [0, 0.1) is 0 Å². The summed E-state index contributed by atoms with van der Waals surface area (Å²) in [6, 6.07) is 8.10. The lowest BCUT2D eigenvalue weighted by Gasteiger charge is -2.20. The van der Waals surface area contributed by atoms with Crippen LogP contribution in [-0.2, 0) is 11.3 Å². The summed E-state index contributed by atoms with van der Waals surface area (Å²) in [6.07, 6.45) is 1.94. The summed E-state index contributed by atoms with van der Waals surface area (Å²) < 4.78 is 5.40. The number of hydrogen-bond donors (Lipinski definition) is 1. The first-order chi connectivity index (χ1) is 12.7. The van der Waals surface area contributed by atoms with Crippen molar-refractivity contribution in [3.63, 3.8) is 0 Å². The van der Waals surface area contributed by atoms with E-state index in [-0.39, 0.29) is 6.03 Å². The Bertz CT molecular complexity index is 774. The van der Waals surface area contributed by atoms with E-state index in [2.05, 4.69) is 39.6 Å². The molecular formula is C18H23N5O2S. The monoisotopic (exact) mass is 373 g/mol. The van der Waals surface area contributed by atoms with Crippen molar-refractivity contribution in [2.45, 2.75) is 25.3 Å². The molecule has 0 aliphatic carbocycles. The molecule has 138 valence electrons. The van der Waals surface area contributed by atoms with Crippen LogP contribution in [0.25, 0.3) is 0 Å². The van der Waals surface area contributed by atoms with E-state index >= 15 is 0 Å². The molecule has 1 saturated heterocycles. The molecule has 1 fully saturated rings. The highest BCUT2D eigenvalue weighted by Crippen LogP contribution is 2.31. The number of benzene rings is 1. The van der Waals surface area contributed by atoms with Crippen LogP contribution in [0.4, 0.5) is 15.6 Å². The molecule has 1 aromatic heterocycles. The Kier molecular flexibility index (Phi) is 5.03. The average molecular weight is 373 g/mol. The van der Waals surface area contributed by atoms with Gasteiger partial charge >= 0.3 is 6.03 Å². The highest BCUT2D eigenvalue weighted by Gasteiger charge is 2.24. The maximum atomic E-state index is 12.7. The van der Waals surface area contributed by atoms with Gasteiger partial charge in [0.1, 0.15) is 5.01 Å². The second-order valence-corrected chi connectivity index (χ2v) is 7.74. The largest absolute Gasteiger partial charge is 0.381 e. The number of carbonyl (C=O) groups excluding carboxylic acids is 1. The van der Waals surface area contributed by atoms with E-state index in [1.165, 1.54) is 17.0 Å². The molecule has 1 aromatic carbocycles. The third-order valence-corrected chi connectivity index (χ3v) is 5.98. The number of para-hydroxylation sites is 1. The van der Waals surface area contributed by atoms with Gasteiger partial charge in [0.2, 0.25) is 5.13 Å². The van der Waals surface area contributed by atoms with Gasteiger partial charge in [0.25, 0.3) is 0 Å². The molecule has 3 heterocycles. The molecule has 7 nitrogen and oxygen atoms in total. The number of likely N-dealkylation sites (N-methyl/N-ethyl adjacent to an activating group) is 1. The van der Waals surface area contributed by atoms with Gasteiger partial charge in [-0.3, -0.25) is 5.32 Å². The van der Waals surface area contributed by atoms with Crippen LogP contribution < -0.4 is 10.2 Å². The molecule has 1 N–H and O–H groups in total. The predicted molar refractivity (Wildman–Crippen MR) is 102 cm³/mol. The van der Waals surface area contributed by atoms with Crippen molar-refractivity contribution in [3.05, 3.63) is 34.8 Å². The Morgan fingerprint density at radius 2 is 2.04 bits per heavy atom. The standard InChI is InChI=1S/C18H23N5O2S/c1-22-8-9-23(12-14-4-2-3-5-15(14)22)18(24)19-17-21-20-16(26-17)13-6-10-25-11-7-13/h2-5,13H,6-12H2,1H3,(H,19,21,24). The lowest BCUT2D eigenvalue weighted by molar-refractivity contribution is 0.0851. The second kappa shape index (κ2) is 7.59. The molecule has 2 aromatic rings. The molecule has 4 rings (SSSR count). The van der Waals surface area contributed by atoms with Crippen LogP contribution in [0.2, 0.25) is 0 Å². The van der Waals surface area contributed by atoms with E-state index in [1.54, 1.807) is 0 Å². The molecule has 0 saturated carbocycles. The summed E-state index contributed by atoms with van der Waals surface area (Å²) in [4.78, 5) is 16.8. The summed E-state index contributed by atoms with van der Waals surface area (Å²) in [5.41, 5.74) is 2.34. The van der Waals surface area contributed by atoms with E-state index in [0.29, 0.717) is 24.1 Å². The van der Waals surface area contributed by atoms with Gasteiger partial charge in [0, 0.05) is 51.5 Å². The number of rotatable bonds is 2. The molecule has 26 heavy (non-hydrogen) atoms. The lowest BCUT2D eigenvalue weighted by atomic mass is 10.0. The van der Waals surface area contributed by atoms with Gasteiger partial charge in [0.05, 0.1) is 0 Å². The molecule has 0 atom stereocenters. The van der Waals surface area contributed by atoms with Crippen molar-refractivity contribution in [2.75, 3.05) is 43.6 Å². The van der Waals surface area contributed by atoms with Crippen molar-refractivity contribution in [1.29, 1.82) is 0 Å². The van der Waals surface area contributed by atoms with Crippen molar-refractivity contribution in [1.82, 2.24) is 15.1 Å². The molecule has 8 heteroatoms. The van der Waals surface area contributed by atoms with Crippen molar-refractivity contribution in [2.24, 2.45) is 0 Å². The zero-order valence-electron chi connectivity index (χ0n) is 14.9. The SMILES string of the molecule is CN1CCN(C(=O)Nc2nnc(C3CCOCC3)s2)Cc2ccccc21. The van der Waals surface area contributed by atoms with Gasteiger partial charge in [-0.1, -0.05) is 29.5 Å². The van der Waals surface area contributed by atoms with Crippen LogP contribution in [0.5, 0.6) is 0 Å². The molecule has 0 radical (unpaired) electrons.